The van der Waals surface area contributed by atoms with Crippen LogP contribution in [0.2, 0.25) is 0 Å². The van der Waals surface area contributed by atoms with Crippen LogP contribution in [0.15, 0.2) is 57.8 Å². The molecule has 2 aromatic rings. The van der Waals surface area contributed by atoms with E-state index in [0.717, 1.165) is 16.4 Å². The standard InChI is InChI=1S/C18H19N3S2/c1-2-7-19-18-21(16(12-23-18)17-4-3-8-22-17)20-11-15-10-13-5-6-14(15)9-13/h2-6,8,11-15H,1,7,9-10H2. The molecule has 2 heterocycles. The minimum absolute atomic E-state index is 0.570. The quantitative estimate of drug-likeness (QED) is 0.569. The van der Waals surface area contributed by atoms with E-state index in [1.54, 1.807) is 22.7 Å². The molecule has 3 unspecified atom stereocenters. The number of hydrogen-bond donors (Lipinski definition) is 0. The van der Waals surface area contributed by atoms with Crippen LogP contribution >= 0.6 is 22.7 Å². The van der Waals surface area contributed by atoms with Crippen LogP contribution in [0.25, 0.3) is 10.6 Å². The number of allylic oxidation sites excluding steroid dienone is 2. The first-order valence-corrected chi connectivity index (χ1v) is 9.69. The third kappa shape index (κ3) is 2.91. The second-order valence-corrected chi connectivity index (χ2v) is 7.81. The molecule has 0 radical (unpaired) electrons. The summed E-state index contributed by atoms with van der Waals surface area (Å²) in [5, 5.41) is 9.07. The lowest BCUT2D eigenvalue weighted by Crippen LogP contribution is -2.15. The Morgan fingerprint density at radius 3 is 2.96 bits per heavy atom. The van der Waals surface area contributed by atoms with E-state index in [1.165, 1.54) is 17.7 Å². The van der Waals surface area contributed by atoms with Crippen molar-refractivity contribution in [3.05, 3.63) is 52.5 Å². The summed E-state index contributed by atoms with van der Waals surface area (Å²) in [6, 6.07) is 4.21. The van der Waals surface area contributed by atoms with Crippen molar-refractivity contribution in [2.75, 3.05) is 6.54 Å². The molecule has 3 nitrogen and oxygen atoms in total. The van der Waals surface area contributed by atoms with E-state index in [-0.39, 0.29) is 0 Å². The third-order valence-corrected chi connectivity index (χ3v) is 6.26. The molecule has 5 heteroatoms. The highest BCUT2D eigenvalue weighted by atomic mass is 32.1. The Morgan fingerprint density at radius 1 is 1.30 bits per heavy atom. The van der Waals surface area contributed by atoms with Crippen LogP contribution in [-0.2, 0) is 0 Å². The van der Waals surface area contributed by atoms with Gasteiger partial charge in [0.25, 0.3) is 0 Å². The van der Waals surface area contributed by atoms with Crippen LogP contribution in [0.1, 0.15) is 12.8 Å². The summed E-state index contributed by atoms with van der Waals surface area (Å²) >= 11 is 3.38. The normalized spacial score (nSPS) is 26.6. The van der Waals surface area contributed by atoms with Gasteiger partial charge in [0.15, 0.2) is 0 Å². The summed E-state index contributed by atoms with van der Waals surface area (Å²) < 4.78 is 2.00. The Morgan fingerprint density at radius 2 is 2.26 bits per heavy atom. The molecule has 0 saturated heterocycles. The van der Waals surface area contributed by atoms with Gasteiger partial charge in [-0.25, -0.2) is 4.68 Å². The summed E-state index contributed by atoms with van der Waals surface area (Å²) in [4.78, 5) is 6.75. The predicted octanol–water partition coefficient (Wildman–Crippen LogP) is 4.41. The van der Waals surface area contributed by atoms with E-state index in [9.17, 15) is 0 Å². The molecule has 118 valence electrons. The summed E-state index contributed by atoms with van der Waals surface area (Å²) in [5.74, 6) is 2.02. The van der Waals surface area contributed by atoms with E-state index < -0.39 is 0 Å². The van der Waals surface area contributed by atoms with Crippen molar-refractivity contribution in [3.8, 4) is 10.6 Å². The highest BCUT2D eigenvalue weighted by Crippen LogP contribution is 2.42. The molecular formula is C18H19N3S2. The van der Waals surface area contributed by atoms with Gasteiger partial charge < -0.3 is 0 Å². The van der Waals surface area contributed by atoms with Crippen molar-refractivity contribution in [1.82, 2.24) is 4.68 Å². The number of thiazole rings is 1. The largest absolute Gasteiger partial charge is 0.253 e. The minimum Gasteiger partial charge on any atom is -0.253 e. The molecule has 1 fully saturated rings. The van der Waals surface area contributed by atoms with Crippen molar-refractivity contribution in [2.45, 2.75) is 12.8 Å². The molecule has 1 saturated carbocycles. The fourth-order valence-corrected chi connectivity index (χ4v) is 5.04. The zero-order chi connectivity index (χ0) is 15.6. The topological polar surface area (TPSA) is 29.6 Å². The summed E-state index contributed by atoms with van der Waals surface area (Å²) in [6.45, 7) is 4.38. The number of rotatable bonds is 5. The molecule has 2 aliphatic carbocycles. The first kappa shape index (κ1) is 14.8. The van der Waals surface area contributed by atoms with Gasteiger partial charge in [0.05, 0.1) is 17.1 Å². The smallest absolute Gasteiger partial charge is 0.206 e. The Bertz CT molecular complexity index is 808. The van der Waals surface area contributed by atoms with Gasteiger partial charge in [-0.15, -0.1) is 29.3 Å². The summed E-state index contributed by atoms with van der Waals surface area (Å²) in [7, 11) is 0. The average Bonchev–Trinajstić information content (AvgIpc) is 3.34. The van der Waals surface area contributed by atoms with E-state index in [4.69, 9.17) is 5.10 Å². The van der Waals surface area contributed by atoms with Crippen LogP contribution in [-0.4, -0.2) is 17.4 Å². The summed E-state index contributed by atoms with van der Waals surface area (Å²) in [6.07, 6.45) is 11.2. The molecule has 2 aliphatic rings. The molecule has 0 N–H and O–H groups in total. The number of hydrogen-bond acceptors (Lipinski definition) is 4. The molecule has 23 heavy (non-hydrogen) atoms. The van der Waals surface area contributed by atoms with Crippen LogP contribution in [0.5, 0.6) is 0 Å². The van der Waals surface area contributed by atoms with Crippen LogP contribution in [0, 0.1) is 17.8 Å². The zero-order valence-corrected chi connectivity index (χ0v) is 14.5. The lowest BCUT2D eigenvalue weighted by Gasteiger charge is -2.12. The average molecular weight is 342 g/mol. The van der Waals surface area contributed by atoms with E-state index in [1.807, 2.05) is 10.8 Å². The van der Waals surface area contributed by atoms with Gasteiger partial charge in [0.2, 0.25) is 4.80 Å². The van der Waals surface area contributed by atoms with Crippen LogP contribution in [0.3, 0.4) is 0 Å². The van der Waals surface area contributed by atoms with Gasteiger partial charge in [-0.1, -0.05) is 24.3 Å². The number of nitrogens with zero attached hydrogens (tertiary/aromatic N) is 3. The number of fused-ring (bicyclic) bond motifs is 2. The molecule has 0 aliphatic heterocycles. The molecule has 2 bridgehead atoms. The van der Waals surface area contributed by atoms with Crippen molar-refractivity contribution in [1.29, 1.82) is 0 Å². The van der Waals surface area contributed by atoms with E-state index >= 15 is 0 Å². The van der Waals surface area contributed by atoms with Crippen molar-refractivity contribution in [3.63, 3.8) is 0 Å². The van der Waals surface area contributed by atoms with Crippen LogP contribution < -0.4 is 4.80 Å². The van der Waals surface area contributed by atoms with Crippen LogP contribution in [0.4, 0.5) is 0 Å². The monoisotopic (exact) mass is 341 g/mol. The fourth-order valence-electron chi connectivity index (χ4n) is 3.40. The fraction of sp³-hybridized carbons (Fsp3) is 0.333. The van der Waals surface area contributed by atoms with Crippen molar-refractivity contribution < 1.29 is 0 Å². The first-order chi connectivity index (χ1) is 11.3. The molecule has 4 rings (SSSR count). The number of thiophene rings is 1. The third-order valence-electron chi connectivity index (χ3n) is 4.52. The van der Waals surface area contributed by atoms with E-state index in [2.05, 4.69) is 52.8 Å². The second-order valence-electron chi connectivity index (χ2n) is 6.03. The number of aromatic nitrogens is 1. The molecule has 0 aromatic carbocycles. The van der Waals surface area contributed by atoms with Gasteiger partial charge in [-0.05, 0) is 36.1 Å². The Kier molecular flexibility index (Phi) is 4.14. The first-order valence-electron chi connectivity index (χ1n) is 7.94. The van der Waals surface area contributed by atoms with Gasteiger partial charge >= 0.3 is 0 Å². The summed E-state index contributed by atoms with van der Waals surface area (Å²) in [5.41, 5.74) is 1.13. The lowest BCUT2D eigenvalue weighted by atomic mass is 9.95. The molecule has 0 spiro atoms. The molecule has 2 aromatic heterocycles. The molecular weight excluding hydrogens is 322 g/mol. The Balaban J connectivity index is 1.69. The lowest BCUT2D eigenvalue weighted by molar-refractivity contribution is 0.590. The Labute approximate surface area is 144 Å². The highest BCUT2D eigenvalue weighted by Gasteiger charge is 2.34. The maximum atomic E-state index is 4.82. The van der Waals surface area contributed by atoms with Gasteiger partial charge in [-0.2, -0.15) is 5.10 Å². The molecule has 0 amide bonds. The van der Waals surface area contributed by atoms with E-state index in [0.29, 0.717) is 18.4 Å². The predicted molar refractivity (Wildman–Crippen MR) is 99.0 cm³/mol. The Hall–Kier alpha value is -1.72. The zero-order valence-electron chi connectivity index (χ0n) is 12.8. The van der Waals surface area contributed by atoms with Crippen molar-refractivity contribution >= 4 is 28.9 Å². The van der Waals surface area contributed by atoms with Crippen molar-refractivity contribution in [2.24, 2.45) is 27.8 Å². The maximum Gasteiger partial charge on any atom is 0.206 e. The highest BCUT2D eigenvalue weighted by molar-refractivity contribution is 7.14. The van der Waals surface area contributed by atoms with Gasteiger partial charge in [-0.3, -0.25) is 4.99 Å². The van der Waals surface area contributed by atoms with Gasteiger partial charge in [0.1, 0.15) is 0 Å². The maximum absolute atomic E-state index is 4.82. The minimum atomic E-state index is 0.570. The second kappa shape index (κ2) is 6.42. The molecule has 3 atom stereocenters. The van der Waals surface area contributed by atoms with Gasteiger partial charge in [0, 0.05) is 17.5 Å². The SMILES string of the molecule is C=CCN=c1scc(-c2cccs2)n1N=CC1CC2C=CC1C2.